The number of nitrogen functional groups attached to an aromatic ring is 1. The van der Waals surface area contributed by atoms with E-state index in [1.165, 1.54) is 0 Å². The number of carbonyl (C=O) groups excluding carboxylic acids is 1. The van der Waals surface area contributed by atoms with Gasteiger partial charge in [0.05, 0.1) is 42.4 Å². The fourth-order valence-corrected chi connectivity index (χ4v) is 4.04. The van der Waals surface area contributed by atoms with Crippen molar-refractivity contribution in [2.75, 3.05) is 12.3 Å². The minimum Gasteiger partial charge on any atom is -0.383 e. The van der Waals surface area contributed by atoms with Crippen LogP contribution >= 0.6 is 0 Å². The molecule has 8 heteroatoms. The molecule has 2 N–H and O–H groups in total. The van der Waals surface area contributed by atoms with Gasteiger partial charge in [0.1, 0.15) is 11.5 Å². The Hall–Kier alpha value is -3.39. The number of hydrogen-bond acceptors (Lipinski definition) is 7. The lowest BCUT2D eigenvalue weighted by molar-refractivity contribution is 0.0726. The molecule has 4 heterocycles. The summed E-state index contributed by atoms with van der Waals surface area (Å²) in [6.07, 6.45) is 5.44. The minimum absolute atomic E-state index is 0.109. The Bertz CT molecular complexity index is 1170. The van der Waals surface area contributed by atoms with E-state index in [1.807, 2.05) is 30.0 Å². The number of ether oxygens (including phenoxy) is 1. The van der Waals surface area contributed by atoms with Crippen molar-refractivity contribution >= 4 is 28.7 Å². The van der Waals surface area contributed by atoms with E-state index in [2.05, 4.69) is 26.7 Å². The van der Waals surface area contributed by atoms with Gasteiger partial charge in [0, 0.05) is 17.5 Å². The van der Waals surface area contributed by atoms with Crippen LogP contribution in [0.15, 0.2) is 31.0 Å². The van der Waals surface area contributed by atoms with Crippen LogP contribution in [0.25, 0.3) is 17.0 Å². The minimum atomic E-state index is -0.124. The van der Waals surface area contributed by atoms with Crippen molar-refractivity contribution in [3.63, 3.8) is 0 Å². The summed E-state index contributed by atoms with van der Waals surface area (Å²) < 4.78 is 5.76. The predicted molar refractivity (Wildman–Crippen MR) is 117 cm³/mol. The molecule has 1 aliphatic carbocycles. The van der Waals surface area contributed by atoms with Gasteiger partial charge in [-0.2, -0.15) is 10.2 Å². The van der Waals surface area contributed by atoms with Crippen molar-refractivity contribution in [3.05, 3.63) is 59.2 Å². The molecule has 2 aliphatic rings. The first-order chi connectivity index (χ1) is 15.0. The second-order valence-electron chi connectivity index (χ2n) is 8.21. The first-order valence-electron chi connectivity index (χ1n) is 10.5. The highest BCUT2D eigenvalue weighted by molar-refractivity contribution is 5.97. The molecule has 8 nitrogen and oxygen atoms in total. The molecule has 1 atom stereocenters. The molecule has 0 spiro atoms. The van der Waals surface area contributed by atoms with Gasteiger partial charge in [-0.15, -0.1) is 0 Å². The fourth-order valence-electron chi connectivity index (χ4n) is 4.04. The number of nitrogens with two attached hydrogens (primary N) is 1. The SMILES string of the molecule is C=Cc1ccc(CN(CC2CC2)C(=O)c2cc3c4c(c(N)nc3cn2)[C@@H](C)OC4)nn1. The Balaban J connectivity index is 1.48. The topological polar surface area (TPSA) is 107 Å². The Labute approximate surface area is 180 Å². The van der Waals surface area contributed by atoms with Crippen LogP contribution in [-0.4, -0.2) is 37.5 Å². The van der Waals surface area contributed by atoms with Gasteiger partial charge in [-0.1, -0.05) is 6.58 Å². The monoisotopic (exact) mass is 416 g/mol. The van der Waals surface area contributed by atoms with Crippen LogP contribution in [-0.2, 0) is 17.9 Å². The van der Waals surface area contributed by atoms with Crippen LogP contribution in [0.4, 0.5) is 5.82 Å². The van der Waals surface area contributed by atoms with E-state index >= 15 is 0 Å². The molecule has 0 saturated heterocycles. The zero-order valence-corrected chi connectivity index (χ0v) is 17.4. The van der Waals surface area contributed by atoms with Crippen molar-refractivity contribution in [3.8, 4) is 0 Å². The summed E-state index contributed by atoms with van der Waals surface area (Å²) >= 11 is 0. The molecule has 5 rings (SSSR count). The van der Waals surface area contributed by atoms with Gasteiger partial charge >= 0.3 is 0 Å². The summed E-state index contributed by atoms with van der Waals surface area (Å²) in [4.78, 5) is 24.1. The number of aromatic nitrogens is 4. The molecule has 0 aromatic carbocycles. The van der Waals surface area contributed by atoms with Gasteiger partial charge in [0.25, 0.3) is 5.91 Å². The van der Waals surface area contributed by atoms with Crippen LogP contribution in [0.2, 0.25) is 0 Å². The Morgan fingerprint density at radius 2 is 2.19 bits per heavy atom. The molecule has 158 valence electrons. The highest BCUT2D eigenvalue weighted by Crippen LogP contribution is 2.38. The first kappa shape index (κ1) is 19.6. The average molecular weight is 416 g/mol. The molecule has 1 aliphatic heterocycles. The number of amides is 1. The molecule has 1 amide bonds. The fraction of sp³-hybridized carbons (Fsp3) is 0.348. The molecule has 0 radical (unpaired) electrons. The molecule has 0 unspecified atom stereocenters. The number of nitrogens with zero attached hydrogens (tertiary/aromatic N) is 5. The highest BCUT2D eigenvalue weighted by Gasteiger charge is 2.30. The molecule has 1 saturated carbocycles. The summed E-state index contributed by atoms with van der Waals surface area (Å²) in [5.74, 6) is 0.871. The van der Waals surface area contributed by atoms with Crippen LogP contribution in [0, 0.1) is 5.92 Å². The third kappa shape index (κ3) is 3.74. The zero-order valence-electron chi connectivity index (χ0n) is 17.4. The summed E-state index contributed by atoms with van der Waals surface area (Å²) in [7, 11) is 0. The molecular formula is C23H24N6O2. The van der Waals surface area contributed by atoms with E-state index < -0.39 is 0 Å². The van der Waals surface area contributed by atoms with Crippen molar-refractivity contribution in [2.45, 2.75) is 39.0 Å². The zero-order chi connectivity index (χ0) is 21.5. The molecule has 0 bridgehead atoms. The van der Waals surface area contributed by atoms with Crippen molar-refractivity contribution in [1.82, 2.24) is 25.1 Å². The second kappa shape index (κ2) is 7.70. The molecule has 31 heavy (non-hydrogen) atoms. The maximum atomic E-state index is 13.4. The van der Waals surface area contributed by atoms with E-state index in [9.17, 15) is 4.79 Å². The van der Waals surface area contributed by atoms with Gasteiger partial charge in [-0.25, -0.2) is 9.97 Å². The van der Waals surface area contributed by atoms with Crippen LogP contribution in [0.1, 0.15) is 58.9 Å². The Morgan fingerprint density at radius 1 is 1.35 bits per heavy atom. The number of hydrogen-bond donors (Lipinski definition) is 1. The summed E-state index contributed by atoms with van der Waals surface area (Å²) in [5.41, 5.74) is 10.5. The number of anilines is 1. The van der Waals surface area contributed by atoms with Crippen molar-refractivity contribution in [1.29, 1.82) is 0 Å². The van der Waals surface area contributed by atoms with Gasteiger partial charge in [0.15, 0.2) is 0 Å². The van der Waals surface area contributed by atoms with E-state index in [4.69, 9.17) is 10.5 Å². The number of pyridine rings is 2. The standard InChI is InChI=1S/C23H24N6O2/c1-3-15-6-7-16(28-27-15)11-29(10-14-4-5-14)23(30)19-8-17-18-12-31-13(2)21(18)22(24)26-20(17)9-25-19/h3,6-9,13-14H,1,4-5,10-12H2,2H3,(H2,24,26)/t13-/m1/s1. The summed E-state index contributed by atoms with van der Waals surface area (Å²) in [6.45, 7) is 7.18. The Kier molecular flexibility index (Phi) is 4.86. The van der Waals surface area contributed by atoms with E-state index in [1.54, 1.807) is 12.3 Å². The van der Waals surface area contributed by atoms with E-state index in [0.717, 1.165) is 35.0 Å². The summed E-state index contributed by atoms with van der Waals surface area (Å²) in [6, 6.07) is 5.55. The Morgan fingerprint density at radius 3 is 2.90 bits per heavy atom. The number of rotatable bonds is 6. The van der Waals surface area contributed by atoms with Crippen LogP contribution in [0.5, 0.6) is 0 Å². The maximum Gasteiger partial charge on any atom is 0.272 e. The molecular weight excluding hydrogens is 392 g/mol. The number of carbonyl (C=O) groups is 1. The lowest BCUT2D eigenvalue weighted by Gasteiger charge is -2.22. The summed E-state index contributed by atoms with van der Waals surface area (Å²) in [5, 5.41) is 9.22. The van der Waals surface area contributed by atoms with Gasteiger partial charge < -0.3 is 15.4 Å². The largest absolute Gasteiger partial charge is 0.383 e. The van der Waals surface area contributed by atoms with Crippen LogP contribution in [0.3, 0.4) is 0 Å². The van der Waals surface area contributed by atoms with E-state index in [-0.39, 0.29) is 12.0 Å². The van der Waals surface area contributed by atoms with E-state index in [0.29, 0.717) is 48.3 Å². The van der Waals surface area contributed by atoms with Crippen molar-refractivity contribution in [2.24, 2.45) is 5.92 Å². The number of fused-ring (bicyclic) bond motifs is 3. The maximum absolute atomic E-state index is 13.4. The van der Waals surface area contributed by atoms with Crippen LogP contribution < -0.4 is 5.73 Å². The molecule has 3 aromatic rings. The third-order valence-electron chi connectivity index (χ3n) is 5.92. The quantitative estimate of drug-likeness (QED) is 0.657. The van der Waals surface area contributed by atoms with Crippen molar-refractivity contribution < 1.29 is 9.53 Å². The smallest absolute Gasteiger partial charge is 0.272 e. The second-order valence-corrected chi connectivity index (χ2v) is 8.21. The average Bonchev–Trinajstić information content (AvgIpc) is 3.52. The highest BCUT2D eigenvalue weighted by atomic mass is 16.5. The lowest BCUT2D eigenvalue weighted by Crippen LogP contribution is -2.33. The molecule has 1 fully saturated rings. The molecule has 3 aromatic heterocycles. The predicted octanol–water partition coefficient (Wildman–Crippen LogP) is 3.29. The van der Waals surface area contributed by atoms with Gasteiger partial charge in [-0.05, 0) is 55.5 Å². The third-order valence-corrected chi connectivity index (χ3v) is 5.92. The van der Waals surface area contributed by atoms with Gasteiger partial charge in [0.2, 0.25) is 0 Å². The van der Waals surface area contributed by atoms with Gasteiger partial charge in [-0.3, -0.25) is 4.79 Å². The first-order valence-corrected chi connectivity index (χ1v) is 10.5. The lowest BCUT2D eigenvalue weighted by atomic mass is 10.0. The normalized spacial score (nSPS) is 17.5.